The van der Waals surface area contributed by atoms with Crippen molar-refractivity contribution in [2.45, 2.75) is 44.6 Å². The highest BCUT2D eigenvalue weighted by molar-refractivity contribution is 6.31. The van der Waals surface area contributed by atoms with E-state index in [1.54, 1.807) is 6.20 Å². The van der Waals surface area contributed by atoms with E-state index in [-0.39, 0.29) is 17.9 Å². The second kappa shape index (κ2) is 8.44. The molecule has 2 aromatic rings. The van der Waals surface area contributed by atoms with E-state index in [0.717, 1.165) is 37.0 Å². The number of hydrogen-bond acceptors (Lipinski definition) is 4. The smallest absolute Gasteiger partial charge is 0.225 e. The Bertz CT molecular complexity index is 785. The number of nitrogens with zero attached hydrogens (tertiary/aromatic N) is 2. The lowest BCUT2D eigenvalue weighted by molar-refractivity contribution is -0.145. The van der Waals surface area contributed by atoms with E-state index in [2.05, 4.69) is 4.98 Å². The molecule has 144 valence electrons. The van der Waals surface area contributed by atoms with Crippen LogP contribution in [0.25, 0.3) is 0 Å². The van der Waals surface area contributed by atoms with Crippen molar-refractivity contribution in [3.05, 3.63) is 52.7 Å². The second-order valence-corrected chi connectivity index (χ2v) is 7.82. The van der Waals surface area contributed by atoms with Gasteiger partial charge in [-0.15, -0.1) is 0 Å². The molecule has 1 saturated carbocycles. The van der Waals surface area contributed by atoms with Crippen molar-refractivity contribution >= 4 is 17.5 Å². The molecule has 1 atom stereocenters. The number of ether oxygens (including phenoxy) is 1. The number of amides is 1. The van der Waals surface area contributed by atoms with Gasteiger partial charge in [-0.3, -0.25) is 4.79 Å². The van der Waals surface area contributed by atoms with E-state index in [4.69, 9.17) is 20.8 Å². The van der Waals surface area contributed by atoms with Crippen LogP contribution in [0.4, 0.5) is 0 Å². The zero-order valence-electron chi connectivity index (χ0n) is 15.4. The molecule has 1 aliphatic heterocycles. The molecule has 0 bridgehead atoms. The summed E-state index contributed by atoms with van der Waals surface area (Å²) in [7, 11) is 0. The molecule has 5 nitrogen and oxygen atoms in total. The molecule has 6 heteroatoms. The number of rotatable bonds is 4. The van der Waals surface area contributed by atoms with Gasteiger partial charge < -0.3 is 14.1 Å². The summed E-state index contributed by atoms with van der Waals surface area (Å²) in [4.78, 5) is 19.2. The molecule has 1 aromatic heterocycles. The number of oxazole rings is 1. The van der Waals surface area contributed by atoms with Gasteiger partial charge in [-0.2, -0.15) is 0 Å². The van der Waals surface area contributed by atoms with Crippen molar-refractivity contribution in [3.63, 3.8) is 0 Å². The molecule has 2 heterocycles. The van der Waals surface area contributed by atoms with Crippen LogP contribution < -0.4 is 0 Å². The summed E-state index contributed by atoms with van der Waals surface area (Å²) in [6.45, 7) is 1.69. The quantitative estimate of drug-likeness (QED) is 0.779. The van der Waals surface area contributed by atoms with Crippen molar-refractivity contribution in [2.75, 3.05) is 19.7 Å². The first-order valence-corrected chi connectivity index (χ1v) is 10.2. The zero-order chi connectivity index (χ0) is 18.6. The van der Waals surface area contributed by atoms with Gasteiger partial charge in [-0.1, -0.05) is 49.1 Å². The highest BCUT2D eigenvalue weighted by atomic mass is 35.5. The van der Waals surface area contributed by atoms with Gasteiger partial charge in [-0.25, -0.2) is 4.98 Å². The minimum atomic E-state index is -0.300. The fraction of sp³-hybridized carbons (Fsp3) is 0.524. The van der Waals surface area contributed by atoms with Crippen LogP contribution in [0, 0.1) is 5.92 Å². The lowest BCUT2D eigenvalue weighted by atomic mass is 9.88. The van der Waals surface area contributed by atoms with Crippen LogP contribution in [-0.4, -0.2) is 35.5 Å². The lowest BCUT2D eigenvalue weighted by Gasteiger charge is -2.34. The summed E-state index contributed by atoms with van der Waals surface area (Å²) in [6, 6.07) is 7.71. The molecular formula is C21H25ClN2O3. The fourth-order valence-electron chi connectivity index (χ4n) is 3.99. The summed E-state index contributed by atoms with van der Waals surface area (Å²) in [5, 5.41) is 0.716. The maximum atomic E-state index is 12.8. The minimum absolute atomic E-state index is 0.179. The average Bonchev–Trinajstić information content (AvgIpc) is 3.19. The third-order valence-electron chi connectivity index (χ3n) is 5.50. The Morgan fingerprint density at radius 1 is 1.22 bits per heavy atom. The van der Waals surface area contributed by atoms with Crippen LogP contribution in [0.5, 0.6) is 0 Å². The molecule has 4 rings (SSSR count). The molecule has 2 aliphatic rings. The van der Waals surface area contributed by atoms with E-state index < -0.39 is 0 Å². The first kappa shape index (κ1) is 18.5. The van der Waals surface area contributed by atoms with Crippen molar-refractivity contribution in [1.82, 2.24) is 9.88 Å². The van der Waals surface area contributed by atoms with Gasteiger partial charge in [0.2, 0.25) is 11.8 Å². The molecule has 27 heavy (non-hydrogen) atoms. The molecule has 0 radical (unpaired) electrons. The Morgan fingerprint density at radius 2 is 2.04 bits per heavy atom. The molecule has 1 aliphatic carbocycles. The van der Waals surface area contributed by atoms with Gasteiger partial charge in [0.05, 0.1) is 19.3 Å². The monoisotopic (exact) mass is 388 g/mol. The molecule has 1 saturated heterocycles. The number of benzene rings is 1. The maximum absolute atomic E-state index is 12.8. The number of carbonyl (C=O) groups excluding carboxylic acids is 1. The summed E-state index contributed by atoms with van der Waals surface area (Å²) in [6.07, 6.45) is 7.62. The molecule has 1 amide bonds. The van der Waals surface area contributed by atoms with Crippen LogP contribution in [0.15, 0.2) is 34.9 Å². The molecule has 0 unspecified atom stereocenters. The van der Waals surface area contributed by atoms with Crippen LogP contribution in [-0.2, 0) is 16.0 Å². The predicted octanol–water partition coefficient (Wildman–Crippen LogP) is 4.40. The van der Waals surface area contributed by atoms with E-state index in [9.17, 15) is 4.79 Å². The highest BCUT2D eigenvalue weighted by Crippen LogP contribution is 2.29. The van der Waals surface area contributed by atoms with Gasteiger partial charge in [-0.05, 0) is 24.5 Å². The zero-order valence-corrected chi connectivity index (χ0v) is 16.2. The van der Waals surface area contributed by atoms with Crippen LogP contribution in [0.1, 0.15) is 55.4 Å². The van der Waals surface area contributed by atoms with Gasteiger partial charge >= 0.3 is 0 Å². The highest BCUT2D eigenvalue weighted by Gasteiger charge is 2.32. The fourth-order valence-corrected chi connectivity index (χ4v) is 4.19. The summed E-state index contributed by atoms with van der Waals surface area (Å²) in [5.74, 6) is 1.74. The molecule has 0 N–H and O–H groups in total. The Kier molecular flexibility index (Phi) is 5.79. The van der Waals surface area contributed by atoms with Crippen molar-refractivity contribution in [2.24, 2.45) is 5.92 Å². The predicted molar refractivity (Wildman–Crippen MR) is 103 cm³/mol. The number of morpholine rings is 1. The minimum Gasteiger partial charge on any atom is -0.442 e. The lowest BCUT2D eigenvalue weighted by Crippen LogP contribution is -2.45. The molecule has 0 spiro atoms. The SMILES string of the molecule is O=C(C1CCCCC1)N1CCO[C@H](c2ncc(Cc3ccccc3Cl)o2)C1. The van der Waals surface area contributed by atoms with Crippen LogP contribution >= 0.6 is 11.6 Å². The normalized spacial score (nSPS) is 21.4. The Balaban J connectivity index is 1.40. The number of hydrogen-bond donors (Lipinski definition) is 0. The van der Waals surface area contributed by atoms with E-state index in [1.807, 2.05) is 29.2 Å². The van der Waals surface area contributed by atoms with Gasteiger partial charge in [0.1, 0.15) is 5.76 Å². The first-order valence-electron chi connectivity index (χ1n) is 9.79. The largest absolute Gasteiger partial charge is 0.442 e. The number of aromatic nitrogens is 1. The topological polar surface area (TPSA) is 55.6 Å². The van der Waals surface area contributed by atoms with E-state index >= 15 is 0 Å². The standard InChI is InChI=1S/C21H25ClN2O3/c22-18-9-5-4-8-16(18)12-17-13-23-20(27-17)19-14-24(10-11-26-19)21(25)15-6-2-1-3-7-15/h4-5,8-9,13,15,19H,1-3,6-7,10-12,14H2/t19-/m0/s1. The third kappa shape index (κ3) is 4.36. The Hall–Kier alpha value is -1.85. The van der Waals surface area contributed by atoms with Crippen molar-refractivity contribution in [3.8, 4) is 0 Å². The van der Waals surface area contributed by atoms with Crippen LogP contribution in [0.3, 0.4) is 0 Å². The van der Waals surface area contributed by atoms with E-state index in [0.29, 0.717) is 37.0 Å². The maximum Gasteiger partial charge on any atom is 0.225 e. The third-order valence-corrected chi connectivity index (χ3v) is 5.87. The molecule has 1 aromatic carbocycles. The Morgan fingerprint density at radius 3 is 2.85 bits per heavy atom. The average molecular weight is 389 g/mol. The second-order valence-electron chi connectivity index (χ2n) is 7.41. The Labute approximate surface area is 164 Å². The molecule has 2 fully saturated rings. The number of halogens is 1. The molecular weight excluding hydrogens is 364 g/mol. The van der Waals surface area contributed by atoms with Crippen molar-refractivity contribution < 1.29 is 13.9 Å². The van der Waals surface area contributed by atoms with E-state index in [1.165, 1.54) is 6.42 Å². The number of carbonyl (C=O) groups is 1. The van der Waals surface area contributed by atoms with Gasteiger partial charge in [0, 0.05) is 23.9 Å². The summed E-state index contributed by atoms with van der Waals surface area (Å²) in [5.41, 5.74) is 1.00. The van der Waals surface area contributed by atoms with Crippen molar-refractivity contribution in [1.29, 1.82) is 0 Å². The van der Waals surface area contributed by atoms with Gasteiger partial charge in [0.15, 0.2) is 6.10 Å². The summed E-state index contributed by atoms with van der Waals surface area (Å²) < 4.78 is 11.8. The van der Waals surface area contributed by atoms with Gasteiger partial charge in [0.25, 0.3) is 0 Å². The van der Waals surface area contributed by atoms with Crippen LogP contribution in [0.2, 0.25) is 5.02 Å². The summed E-state index contributed by atoms with van der Waals surface area (Å²) >= 11 is 6.23. The first-order chi connectivity index (χ1) is 13.2.